The first-order chi connectivity index (χ1) is 6.75. The number of nitrogens with two attached hydrogens (primary N) is 2. The van der Waals surface area contributed by atoms with Crippen molar-refractivity contribution in [3.63, 3.8) is 0 Å². The molecule has 0 saturated carbocycles. The van der Waals surface area contributed by atoms with E-state index >= 15 is 0 Å². The predicted octanol–water partition coefficient (Wildman–Crippen LogP) is 0.860. The van der Waals surface area contributed by atoms with Crippen LogP contribution in [0.4, 0.5) is 11.9 Å². The Morgan fingerprint density at radius 3 is 2.43 bits per heavy atom. The lowest BCUT2D eigenvalue weighted by Gasteiger charge is -2.14. The third-order valence-electron chi connectivity index (χ3n) is 2.27. The molecular weight excluding hydrogens is 178 g/mol. The lowest BCUT2D eigenvalue weighted by Crippen LogP contribution is -2.10. The first kappa shape index (κ1) is 8.93. The molecule has 0 unspecified atom stereocenters. The molecule has 0 aromatic carbocycles. The van der Waals surface area contributed by atoms with Crippen LogP contribution in [-0.2, 0) is 0 Å². The van der Waals surface area contributed by atoms with Gasteiger partial charge in [-0.05, 0) is 19.3 Å². The summed E-state index contributed by atoms with van der Waals surface area (Å²) in [6.45, 7) is 0. The molecule has 0 fully saturated rings. The first-order valence-electron chi connectivity index (χ1n) is 4.69. The molecule has 0 aliphatic heterocycles. The van der Waals surface area contributed by atoms with Crippen molar-refractivity contribution >= 4 is 11.9 Å². The van der Waals surface area contributed by atoms with Crippen molar-refractivity contribution in [2.75, 3.05) is 11.5 Å². The van der Waals surface area contributed by atoms with E-state index in [1.807, 2.05) is 0 Å². The fourth-order valence-electron chi connectivity index (χ4n) is 1.62. The van der Waals surface area contributed by atoms with Gasteiger partial charge in [0.2, 0.25) is 11.9 Å². The molecule has 5 heteroatoms. The zero-order valence-corrected chi connectivity index (χ0v) is 7.85. The van der Waals surface area contributed by atoms with Gasteiger partial charge in [-0.15, -0.1) is 0 Å². The van der Waals surface area contributed by atoms with E-state index in [4.69, 9.17) is 11.5 Å². The van der Waals surface area contributed by atoms with Gasteiger partial charge in [-0.1, -0.05) is 12.2 Å². The molecule has 1 atom stereocenters. The van der Waals surface area contributed by atoms with Gasteiger partial charge in [-0.25, -0.2) is 0 Å². The van der Waals surface area contributed by atoms with Crippen molar-refractivity contribution in [3.8, 4) is 0 Å². The van der Waals surface area contributed by atoms with E-state index in [0.29, 0.717) is 5.82 Å². The van der Waals surface area contributed by atoms with Crippen molar-refractivity contribution in [2.24, 2.45) is 0 Å². The topological polar surface area (TPSA) is 90.7 Å². The molecule has 0 amide bonds. The second-order valence-electron chi connectivity index (χ2n) is 3.38. The van der Waals surface area contributed by atoms with Crippen LogP contribution in [0, 0.1) is 0 Å². The smallest absolute Gasteiger partial charge is 0.225 e. The Kier molecular flexibility index (Phi) is 2.30. The Morgan fingerprint density at radius 1 is 1.14 bits per heavy atom. The molecule has 0 spiro atoms. The monoisotopic (exact) mass is 191 g/mol. The summed E-state index contributed by atoms with van der Waals surface area (Å²) in [5.74, 6) is 1.33. The lowest BCUT2D eigenvalue weighted by atomic mass is 9.95. The Hall–Kier alpha value is -1.65. The van der Waals surface area contributed by atoms with Crippen LogP contribution in [0.15, 0.2) is 12.2 Å². The highest BCUT2D eigenvalue weighted by Gasteiger charge is 2.15. The van der Waals surface area contributed by atoms with E-state index in [0.717, 1.165) is 19.3 Å². The summed E-state index contributed by atoms with van der Waals surface area (Å²) in [5, 5.41) is 0. The first-order valence-corrected chi connectivity index (χ1v) is 4.69. The van der Waals surface area contributed by atoms with Crippen LogP contribution in [0.25, 0.3) is 0 Å². The van der Waals surface area contributed by atoms with Gasteiger partial charge >= 0.3 is 0 Å². The number of hydrogen-bond donors (Lipinski definition) is 2. The summed E-state index contributed by atoms with van der Waals surface area (Å²) in [5.41, 5.74) is 11.0. The minimum atomic E-state index is 0.200. The van der Waals surface area contributed by atoms with Gasteiger partial charge in [0.1, 0.15) is 5.82 Å². The Morgan fingerprint density at radius 2 is 1.86 bits per heavy atom. The SMILES string of the molecule is Nc1nc(N)nc([C@H]2C=CCCC2)n1. The average molecular weight is 191 g/mol. The highest BCUT2D eigenvalue weighted by molar-refractivity contribution is 5.28. The highest BCUT2D eigenvalue weighted by atomic mass is 15.1. The summed E-state index contributed by atoms with van der Waals surface area (Å²) in [7, 11) is 0. The summed E-state index contributed by atoms with van der Waals surface area (Å²) < 4.78 is 0. The maximum absolute atomic E-state index is 5.50. The van der Waals surface area contributed by atoms with E-state index in [9.17, 15) is 0 Å². The second-order valence-corrected chi connectivity index (χ2v) is 3.38. The van der Waals surface area contributed by atoms with Crippen LogP contribution in [0.5, 0.6) is 0 Å². The van der Waals surface area contributed by atoms with Gasteiger partial charge < -0.3 is 11.5 Å². The van der Waals surface area contributed by atoms with Gasteiger partial charge in [-0.2, -0.15) is 15.0 Å². The van der Waals surface area contributed by atoms with Crippen molar-refractivity contribution in [1.82, 2.24) is 15.0 Å². The van der Waals surface area contributed by atoms with Gasteiger partial charge in [0.05, 0.1) is 0 Å². The van der Waals surface area contributed by atoms with Crippen LogP contribution in [-0.4, -0.2) is 15.0 Å². The molecule has 14 heavy (non-hydrogen) atoms. The van der Waals surface area contributed by atoms with Crippen LogP contribution in [0.3, 0.4) is 0 Å². The maximum Gasteiger partial charge on any atom is 0.225 e. The van der Waals surface area contributed by atoms with Gasteiger partial charge in [0, 0.05) is 5.92 Å². The molecule has 1 aromatic heterocycles. The van der Waals surface area contributed by atoms with Crippen molar-refractivity contribution < 1.29 is 0 Å². The molecule has 0 bridgehead atoms. The molecular formula is C9H13N5. The van der Waals surface area contributed by atoms with Crippen LogP contribution < -0.4 is 11.5 Å². The highest BCUT2D eigenvalue weighted by Crippen LogP contribution is 2.25. The van der Waals surface area contributed by atoms with E-state index in [1.165, 1.54) is 0 Å². The zero-order chi connectivity index (χ0) is 9.97. The molecule has 5 nitrogen and oxygen atoms in total. The molecule has 0 saturated heterocycles. The van der Waals surface area contributed by atoms with E-state index in [-0.39, 0.29) is 17.8 Å². The Bertz CT molecular complexity index is 340. The van der Waals surface area contributed by atoms with Crippen molar-refractivity contribution in [3.05, 3.63) is 18.0 Å². The Balaban J connectivity index is 2.30. The third-order valence-corrected chi connectivity index (χ3v) is 2.27. The largest absolute Gasteiger partial charge is 0.368 e. The maximum atomic E-state index is 5.50. The third kappa shape index (κ3) is 1.81. The standard InChI is InChI=1S/C9H13N5/c10-8-12-7(13-9(11)14-8)6-4-2-1-3-5-6/h2,4,6H,1,3,5H2,(H4,10,11,12,13,14)/t6-/m0/s1. The number of hydrogen-bond acceptors (Lipinski definition) is 5. The molecule has 1 aliphatic carbocycles. The van der Waals surface area contributed by atoms with Gasteiger partial charge in [0.15, 0.2) is 0 Å². The van der Waals surface area contributed by atoms with Crippen molar-refractivity contribution in [1.29, 1.82) is 0 Å². The number of anilines is 2. The number of allylic oxidation sites excluding steroid dienone is 2. The minimum absolute atomic E-state index is 0.200. The normalized spacial score (nSPS) is 21.0. The van der Waals surface area contributed by atoms with Crippen LogP contribution >= 0.6 is 0 Å². The number of aromatic nitrogens is 3. The number of nitrogen functional groups attached to an aromatic ring is 2. The van der Waals surface area contributed by atoms with E-state index < -0.39 is 0 Å². The minimum Gasteiger partial charge on any atom is -0.368 e. The lowest BCUT2D eigenvalue weighted by molar-refractivity contribution is 0.624. The molecule has 0 radical (unpaired) electrons. The van der Waals surface area contributed by atoms with Crippen molar-refractivity contribution in [2.45, 2.75) is 25.2 Å². The Labute approximate surface area is 82.3 Å². The number of rotatable bonds is 1. The second kappa shape index (κ2) is 3.61. The summed E-state index contributed by atoms with van der Waals surface area (Å²) in [6, 6.07) is 0. The molecule has 74 valence electrons. The van der Waals surface area contributed by atoms with Crippen LogP contribution in [0.1, 0.15) is 31.0 Å². The van der Waals surface area contributed by atoms with Gasteiger partial charge in [-0.3, -0.25) is 0 Å². The van der Waals surface area contributed by atoms with E-state index in [2.05, 4.69) is 27.1 Å². The number of nitrogens with zero attached hydrogens (tertiary/aromatic N) is 3. The molecule has 4 N–H and O–H groups in total. The molecule has 2 rings (SSSR count). The summed E-state index contributed by atoms with van der Waals surface area (Å²) in [4.78, 5) is 11.9. The van der Waals surface area contributed by atoms with E-state index in [1.54, 1.807) is 0 Å². The quantitative estimate of drug-likeness (QED) is 0.642. The van der Waals surface area contributed by atoms with Crippen LogP contribution in [0.2, 0.25) is 0 Å². The molecule has 1 aromatic rings. The molecule has 1 aliphatic rings. The zero-order valence-electron chi connectivity index (χ0n) is 7.85. The fraction of sp³-hybridized carbons (Fsp3) is 0.444. The summed E-state index contributed by atoms with van der Waals surface area (Å²) in [6.07, 6.45) is 7.60. The average Bonchev–Trinajstić information content (AvgIpc) is 2.18. The van der Waals surface area contributed by atoms with Gasteiger partial charge in [0.25, 0.3) is 0 Å². The predicted molar refractivity (Wildman–Crippen MR) is 54.4 cm³/mol. The summed E-state index contributed by atoms with van der Waals surface area (Å²) >= 11 is 0. The fourth-order valence-corrected chi connectivity index (χ4v) is 1.62. The molecule has 1 heterocycles.